The van der Waals surface area contributed by atoms with Crippen LogP contribution in [-0.4, -0.2) is 37.6 Å². The molecule has 3 heteroatoms. The van der Waals surface area contributed by atoms with Crippen molar-refractivity contribution in [2.24, 2.45) is 22.7 Å². The maximum Gasteiger partial charge on any atom is 0.0650 e. The van der Waals surface area contributed by atoms with Crippen molar-refractivity contribution in [2.75, 3.05) is 26.4 Å². The van der Waals surface area contributed by atoms with Gasteiger partial charge in [-0.15, -0.1) is 0 Å². The number of hydrogen-bond acceptors (Lipinski definition) is 3. The lowest BCUT2D eigenvalue weighted by atomic mass is 9.68. The van der Waals surface area contributed by atoms with Crippen molar-refractivity contribution in [2.45, 2.75) is 74.3 Å². The summed E-state index contributed by atoms with van der Waals surface area (Å²) in [5.41, 5.74) is 0.00281. The summed E-state index contributed by atoms with van der Waals surface area (Å²) >= 11 is 0. The number of hydrogen-bond donors (Lipinski definition) is 1. The minimum Gasteiger partial charge on any atom is -0.392 e. The monoisotopic (exact) mass is 316 g/mol. The fourth-order valence-electron chi connectivity index (χ4n) is 2.71. The maximum absolute atomic E-state index is 11.1. The van der Waals surface area contributed by atoms with Crippen molar-refractivity contribution in [1.82, 2.24) is 0 Å². The molecule has 0 aromatic rings. The molecule has 0 aliphatic carbocycles. The van der Waals surface area contributed by atoms with Crippen LogP contribution in [0.3, 0.4) is 0 Å². The molecule has 0 amide bonds. The SMILES string of the molecule is CCCOCC(C(O)C(COCCC)C(C)(C)C)C(C)(C)C. The predicted molar refractivity (Wildman–Crippen MR) is 94.1 cm³/mol. The Morgan fingerprint density at radius 1 is 0.727 bits per heavy atom. The van der Waals surface area contributed by atoms with Gasteiger partial charge >= 0.3 is 0 Å². The molecule has 0 aromatic carbocycles. The Morgan fingerprint density at radius 2 is 1.05 bits per heavy atom. The van der Waals surface area contributed by atoms with Crippen molar-refractivity contribution in [1.29, 1.82) is 0 Å². The van der Waals surface area contributed by atoms with Crippen molar-refractivity contribution < 1.29 is 14.6 Å². The Kier molecular flexibility index (Phi) is 9.84. The Labute approximate surface area is 138 Å². The Hall–Kier alpha value is -0.120. The van der Waals surface area contributed by atoms with Crippen LogP contribution in [0.25, 0.3) is 0 Å². The molecule has 134 valence electrons. The topological polar surface area (TPSA) is 38.7 Å². The van der Waals surface area contributed by atoms with Gasteiger partial charge in [-0.1, -0.05) is 55.4 Å². The van der Waals surface area contributed by atoms with E-state index in [2.05, 4.69) is 55.4 Å². The van der Waals surface area contributed by atoms with Crippen LogP contribution in [0.5, 0.6) is 0 Å². The first-order valence-electron chi connectivity index (χ1n) is 8.89. The summed E-state index contributed by atoms with van der Waals surface area (Å²) in [5.74, 6) is 0.210. The van der Waals surface area contributed by atoms with E-state index in [1.165, 1.54) is 0 Å². The molecule has 0 aliphatic rings. The van der Waals surface area contributed by atoms with Crippen LogP contribution < -0.4 is 0 Å². The molecule has 0 saturated carbocycles. The number of aliphatic hydroxyl groups excluding tert-OH is 1. The Bertz CT molecular complexity index is 247. The quantitative estimate of drug-likeness (QED) is 0.602. The van der Waals surface area contributed by atoms with E-state index in [0.717, 1.165) is 26.1 Å². The van der Waals surface area contributed by atoms with Gasteiger partial charge in [-0.3, -0.25) is 0 Å². The molecule has 0 rings (SSSR count). The first-order valence-corrected chi connectivity index (χ1v) is 8.89. The lowest BCUT2D eigenvalue weighted by molar-refractivity contribution is -0.0938. The summed E-state index contributed by atoms with van der Waals surface area (Å²) in [6.07, 6.45) is 1.60. The Balaban J connectivity index is 5.03. The molecule has 0 heterocycles. The third kappa shape index (κ3) is 7.94. The third-order valence-electron chi connectivity index (χ3n) is 4.34. The standard InChI is InChI=1S/C19H40O3/c1-9-11-21-13-15(18(3,4)5)17(20)16(19(6,7)8)14-22-12-10-2/h15-17,20H,9-14H2,1-8H3. The largest absolute Gasteiger partial charge is 0.392 e. The molecule has 0 radical (unpaired) electrons. The highest BCUT2D eigenvalue weighted by Gasteiger charge is 2.40. The zero-order valence-corrected chi connectivity index (χ0v) is 16.2. The van der Waals surface area contributed by atoms with E-state index in [4.69, 9.17) is 9.47 Å². The molecule has 0 aromatic heterocycles. The summed E-state index contributed by atoms with van der Waals surface area (Å²) in [6, 6.07) is 0. The van der Waals surface area contributed by atoms with Gasteiger partial charge in [-0.2, -0.15) is 0 Å². The summed E-state index contributed by atoms with van der Waals surface area (Å²) in [6.45, 7) is 20.1. The lowest BCUT2D eigenvalue weighted by Crippen LogP contribution is -2.46. The van der Waals surface area contributed by atoms with Crippen LogP contribution in [0.15, 0.2) is 0 Å². The van der Waals surface area contributed by atoms with Crippen LogP contribution >= 0.6 is 0 Å². The van der Waals surface area contributed by atoms with E-state index < -0.39 is 6.10 Å². The molecule has 0 aliphatic heterocycles. The molecule has 0 saturated heterocycles. The second kappa shape index (κ2) is 9.89. The van der Waals surface area contributed by atoms with Gasteiger partial charge in [0, 0.05) is 25.0 Å². The molecular formula is C19H40O3. The second-order valence-electron chi connectivity index (χ2n) is 8.59. The number of rotatable bonds is 10. The Morgan fingerprint density at radius 3 is 1.27 bits per heavy atom. The van der Waals surface area contributed by atoms with Gasteiger partial charge in [0.05, 0.1) is 19.3 Å². The highest BCUT2D eigenvalue weighted by molar-refractivity contribution is 4.89. The van der Waals surface area contributed by atoms with Crippen molar-refractivity contribution in [3.05, 3.63) is 0 Å². The zero-order chi connectivity index (χ0) is 17.4. The molecule has 2 unspecified atom stereocenters. The highest BCUT2D eigenvalue weighted by atomic mass is 16.5. The van der Waals surface area contributed by atoms with Crippen molar-refractivity contribution >= 4 is 0 Å². The molecule has 0 spiro atoms. The van der Waals surface area contributed by atoms with Crippen LogP contribution in [0.2, 0.25) is 0 Å². The smallest absolute Gasteiger partial charge is 0.0650 e. The van der Waals surface area contributed by atoms with Gasteiger partial charge in [0.15, 0.2) is 0 Å². The molecule has 2 atom stereocenters. The normalized spacial score (nSPS) is 17.3. The van der Waals surface area contributed by atoms with Gasteiger partial charge in [0.1, 0.15) is 0 Å². The van der Waals surface area contributed by atoms with Gasteiger partial charge in [0.25, 0.3) is 0 Å². The molecule has 1 N–H and O–H groups in total. The maximum atomic E-state index is 11.1. The van der Waals surface area contributed by atoms with E-state index in [1.807, 2.05) is 0 Å². The van der Waals surface area contributed by atoms with E-state index in [1.54, 1.807) is 0 Å². The van der Waals surface area contributed by atoms with Gasteiger partial charge in [-0.25, -0.2) is 0 Å². The van der Waals surface area contributed by atoms with E-state index in [-0.39, 0.29) is 22.7 Å². The molecule has 0 bridgehead atoms. The van der Waals surface area contributed by atoms with E-state index >= 15 is 0 Å². The minimum absolute atomic E-state index is 0.00140. The third-order valence-corrected chi connectivity index (χ3v) is 4.34. The van der Waals surface area contributed by atoms with Gasteiger partial charge in [0.2, 0.25) is 0 Å². The predicted octanol–water partition coefficient (Wildman–Crippen LogP) is 4.53. The second-order valence-corrected chi connectivity index (χ2v) is 8.59. The van der Waals surface area contributed by atoms with Crippen LogP contribution in [0, 0.1) is 22.7 Å². The van der Waals surface area contributed by atoms with Gasteiger partial charge in [-0.05, 0) is 23.7 Å². The van der Waals surface area contributed by atoms with E-state index in [0.29, 0.717) is 13.2 Å². The van der Waals surface area contributed by atoms with Gasteiger partial charge < -0.3 is 14.6 Å². The summed E-state index contributed by atoms with van der Waals surface area (Å²) in [7, 11) is 0. The fraction of sp³-hybridized carbons (Fsp3) is 1.00. The average Bonchev–Trinajstić information content (AvgIpc) is 2.36. The first kappa shape index (κ1) is 21.9. The first-order chi connectivity index (χ1) is 10.1. The van der Waals surface area contributed by atoms with Crippen molar-refractivity contribution in [3.8, 4) is 0 Å². The fourth-order valence-corrected chi connectivity index (χ4v) is 2.71. The summed E-state index contributed by atoms with van der Waals surface area (Å²) < 4.78 is 11.6. The molecule has 3 nitrogen and oxygen atoms in total. The average molecular weight is 317 g/mol. The number of ether oxygens (including phenoxy) is 2. The van der Waals surface area contributed by atoms with Crippen LogP contribution in [0.1, 0.15) is 68.2 Å². The zero-order valence-electron chi connectivity index (χ0n) is 16.2. The van der Waals surface area contributed by atoms with Crippen LogP contribution in [-0.2, 0) is 9.47 Å². The van der Waals surface area contributed by atoms with Crippen molar-refractivity contribution in [3.63, 3.8) is 0 Å². The lowest BCUT2D eigenvalue weighted by Gasteiger charge is -2.42. The molecule has 22 heavy (non-hydrogen) atoms. The summed E-state index contributed by atoms with van der Waals surface area (Å²) in [5, 5.41) is 11.1. The molecule has 0 fully saturated rings. The van der Waals surface area contributed by atoms with E-state index in [9.17, 15) is 5.11 Å². The highest BCUT2D eigenvalue weighted by Crippen LogP contribution is 2.38. The minimum atomic E-state index is -0.422. The summed E-state index contributed by atoms with van der Waals surface area (Å²) in [4.78, 5) is 0. The molecular weight excluding hydrogens is 276 g/mol. The number of aliphatic hydroxyl groups is 1. The van der Waals surface area contributed by atoms with Crippen LogP contribution in [0.4, 0.5) is 0 Å².